The van der Waals surface area contributed by atoms with Crippen molar-refractivity contribution in [3.8, 4) is 0 Å². The van der Waals surface area contributed by atoms with Crippen molar-refractivity contribution in [3.63, 3.8) is 0 Å². The van der Waals surface area contributed by atoms with Crippen LogP contribution >= 0.6 is 0 Å². The average molecular weight is 234 g/mol. The van der Waals surface area contributed by atoms with Crippen molar-refractivity contribution in [1.82, 2.24) is 0 Å². The second-order valence-electron chi connectivity index (χ2n) is 6.29. The van der Waals surface area contributed by atoms with Gasteiger partial charge in [0.1, 0.15) is 0 Å². The predicted molar refractivity (Wildman–Crippen MR) is 76.1 cm³/mol. The number of rotatable bonds is 6. The third-order valence-corrected chi connectivity index (χ3v) is 4.83. The first kappa shape index (κ1) is 13.2. The minimum Gasteiger partial charge on any atom is -0.0885 e. The van der Waals surface area contributed by atoms with Crippen LogP contribution in [0.25, 0.3) is 0 Å². The molecule has 2 aliphatic rings. The largest absolute Gasteiger partial charge is 0.0885 e. The predicted octanol–water partition coefficient (Wildman–Crippen LogP) is 5.87. The molecule has 1 unspecified atom stereocenters. The molecule has 1 fully saturated rings. The highest BCUT2D eigenvalue weighted by Gasteiger charge is 2.13. The van der Waals surface area contributed by atoms with E-state index < -0.39 is 0 Å². The minimum absolute atomic E-state index is 1.02. The van der Waals surface area contributed by atoms with Gasteiger partial charge in [-0.3, -0.25) is 0 Å². The molecule has 0 heterocycles. The average Bonchev–Trinajstić information content (AvgIpc) is 2.41. The Morgan fingerprint density at radius 1 is 0.706 bits per heavy atom. The highest BCUT2D eigenvalue weighted by Crippen LogP contribution is 2.29. The van der Waals surface area contributed by atoms with Crippen LogP contribution in [0, 0.1) is 11.8 Å². The monoisotopic (exact) mass is 234 g/mol. The fraction of sp³-hybridized carbons (Fsp3) is 0.882. The second-order valence-corrected chi connectivity index (χ2v) is 6.29. The molecule has 2 rings (SSSR count). The van der Waals surface area contributed by atoms with E-state index in [0.29, 0.717) is 0 Å². The lowest BCUT2D eigenvalue weighted by atomic mass is 9.85. The van der Waals surface area contributed by atoms with Crippen LogP contribution in [0.4, 0.5) is 0 Å². The van der Waals surface area contributed by atoms with E-state index in [0.717, 1.165) is 11.8 Å². The SMILES string of the molecule is C1=CCC(CCCCCC2CCCCC2)CC1. The van der Waals surface area contributed by atoms with Gasteiger partial charge in [-0.1, -0.05) is 76.4 Å². The van der Waals surface area contributed by atoms with Gasteiger partial charge in [0, 0.05) is 0 Å². The highest BCUT2D eigenvalue weighted by molar-refractivity contribution is 4.89. The molecular formula is C17H30. The summed E-state index contributed by atoms with van der Waals surface area (Å²) in [6.45, 7) is 0. The topological polar surface area (TPSA) is 0 Å². The summed E-state index contributed by atoms with van der Waals surface area (Å²) in [5, 5.41) is 0. The van der Waals surface area contributed by atoms with Crippen LogP contribution in [0.1, 0.15) is 83.5 Å². The summed E-state index contributed by atoms with van der Waals surface area (Å²) < 4.78 is 0. The van der Waals surface area contributed by atoms with E-state index in [9.17, 15) is 0 Å². The Morgan fingerprint density at radius 2 is 1.47 bits per heavy atom. The maximum absolute atomic E-state index is 2.40. The Kier molecular flexibility index (Phi) is 6.16. The molecule has 0 aromatic carbocycles. The smallest absolute Gasteiger partial charge is 0.0322 e. The van der Waals surface area contributed by atoms with Crippen LogP contribution < -0.4 is 0 Å². The molecule has 0 nitrogen and oxygen atoms in total. The van der Waals surface area contributed by atoms with Gasteiger partial charge in [0.15, 0.2) is 0 Å². The van der Waals surface area contributed by atoms with Crippen LogP contribution in [0.3, 0.4) is 0 Å². The summed E-state index contributed by atoms with van der Waals surface area (Å²) in [6, 6.07) is 0. The summed E-state index contributed by atoms with van der Waals surface area (Å²) >= 11 is 0. The minimum atomic E-state index is 1.02. The van der Waals surface area contributed by atoms with Gasteiger partial charge in [-0.2, -0.15) is 0 Å². The van der Waals surface area contributed by atoms with Gasteiger partial charge in [-0.25, -0.2) is 0 Å². The number of hydrogen-bond acceptors (Lipinski definition) is 0. The zero-order valence-corrected chi connectivity index (χ0v) is 11.5. The van der Waals surface area contributed by atoms with Crippen molar-refractivity contribution >= 4 is 0 Å². The summed E-state index contributed by atoms with van der Waals surface area (Å²) in [7, 11) is 0. The number of allylic oxidation sites excluding steroid dienone is 2. The van der Waals surface area contributed by atoms with E-state index in [1.807, 2.05) is 0 Å². The first-order valence-corrected chi connectivity index (χ1v) is 8.10. The van der Waals surface area contributed by atoms with Gasteiger partial charge in [0.2, 0.25) is 0 Å². The standard InChI is InChI=1S/C17H30/c1-4-10-16(11-5-1)14-8-3-9-15-17-12-6-2-7-13-17/h1,4,16-17H,2-3,5-15H2. The molecule has 0 heteroatoms. The Hall–Kier alpha value is -0.260. The molecule has 0 bridgehead atoms. The molecule has 1 atom stereocenters. The Balaban J connectivity index is 1.44. The van der Waals surface area contributed by atoms with Gasteiger partial charge in [0.05, 0.1) is 0 Å². The zero-order valence-electron chi connectivity index (χ0n) is 11.5. The van der Waals surface area contributed by atoms with Crippen LogP contribution in [0.5, 0.6) is 0 Å². The van der Waals surface area contributed by atoms with Crippen molar-refractivity contribution in [2.24, 2.45) is 11.8 Å². The van der Waals surface area contributed by atoms with Crippen LogP contribution in [-0.2, 0) is 0 Å². The fourth-order valence-corrected chi connectivity index (χ4v) is 3.64. The van der Waals surface area contributed by atoms with E-state index in [-0.39, 0.29) is 0 Å². The number of hydrogen-bond donors (Lipinski definition) is 0. The third-order valence-electron chi connectivity index (χ3n) is 4.83. The Morgan fingerprint density at radius 3 is 2.18 bits per heavy atom. The molecule has 0 aliphatic heterocycles. The van der Waals surface area contributed by atoms with E-state index in [2.05, 4.69) is 12.2 Å². The summed E-state index contributed by atoms with van der Waals surface area (Å²) in [5.74, 6) is 2.12. The summed E-state index contributed by atoms with van der Waals surface area (Å²) in [5.41, 5.74) is 0. The van der Waals surface area contributed by atoms with Crippen LogP contribution in [-0.4, -0.2) is 0 Å². The molecule has 0 N–H and O–H groups in total. The summed E-state index contributed by atoms with van der Waals surface area (Å²) in [6.07, 6.45) is 24.0. The van der Waals surface area contributed by atoms with E-state index in [1.165, 1.54) is 83.5 Å². The maximum Gasteiger partial charge on any atom is -0.0322 e. The molecule has 0 spiro atoms. The van der Waals surface area contributed by atoms with Gasteiger partial charge >= 0.3 is 0 Å². The molecular weight excluding hydrogens is 204 g/mol. The molecule has 98 valence electrons. The molecule has 0 aromatic rings. The van der Waals surface area contributed by atoms with Gasteiger partial charge in [-0.15, -0.1) is 0 Å². The lowest BCUT2D eigenvalue weighted by Gasteiger charge is -2.21. The van der Waals surface area contributed by atoms with Crippen molar-refractivity contribution in [3.05, 3.63) is 12.2 Å². The van der Waals surface area contributed by atoms with Crippen molar-refractivity contribution < 1.29 is 0 Å². The van der Waals surface area contributed by atoms with Gasteiger partial charge in [-0.05, 0) is 31.1 Å². The quantitative estimate of drug-likeness (QED) is 0.398. The maximum atomic E-state index is 2.40. The van der Waals surface area contributed by atoms with Crippen LogP contribution in [0.15, 0.2) is 12.2 Å². The summed E-state index contributed by atoms with van der Waals surface area (Å²) in [4.78, 5) is 0. The van der Waals surface area contributed by atoms with E-state index in [1.54, 1.807) is 0 Å². The fourth-order valence-electron chi connectivity index (χ4n) is 3.64. The molecule has 0 amide bonds. The van der Waals surface area contributed by atoms with Gasteiger partial charge in [0.25, 0.3) is 0 Å². The highest BCUT2D eigenvalue weighted by atomic mass is 14.2. The first-order valence-electron chi connectivity index (χ1n) is 8.10. The molecule has 17 heavy (non-hydrogen) atoms. The Bertz CT molecular complexity index is 210. The lowest BCUT2D eigenvalue weighted by molar-refractivity contribution is 0.324. The Labute approximate surface area is 108 Å². The molecule has 0 aromatic heterocycles. The van der Waals surface area contributed by atoms with Crippen LogP contribution in [0.2, 0.25) is 0 Å². The van der Waals surface area contributed by atoms with E-state index in [4.69, 9.17) is 0 Å². The lowest BCUT2D eigenvalue weighted by Crippen LogP contribution is -2.06. The number of unbranched alkanes of at least 4 members (excludes halogenated alkanes) is 2. The molecule has 1 saturated carbocycles. The third kappa shape index (κ3) is 5.27. The van der Waals surface area contributed by atoms with Crippen molar-refractivity contribution in [1.29, 1.82) is 0 Å². The van der Waals surface area contributed by atoms with Crippen molar-refractivity contribution in [2.75, 3.05) is 0 Å². The molecule has 0 radical (unpaired) electrons. The second kappa shape index (κ2) is 7.95. The van der Waals surface area contributed by atoms with Gasteiger partial charge < -0.3 is 0 Å². The molecule has 0 saturated heterocycles. The molecule has 2 aliphatic carbocycles. The first-order chi connectivity index (χ1) is 8.45. The zero-order chi connectivity index (χ0) is 11.8. The van der Waals surface area contributed by atoms with Crippen molar-refractivity contribution in [2.45, 2.75) is 83.5 Å². The normalized spacial score (nSPS) is 26.2. The van der Waals surface area contributed by atoms with E-state index >= 15 is 0 Å².